The Bertz CT molecular complexity index is 815. The number of rotatable bonds is 3. The van der Waals surface area contributed by atoms with Gasteiger partial charge in [-0.15, -0.1) is 0 Å². The smallest absolute Gasteiger partial charge is 0.287 e. The van der Waals surface area contributed by atoms with Crippen molar-refractivity contribution in [3.63, 3.8) is 0 Å². The molecule has 2 aromatic rings. The van der Waals surface area contributed by atoms with E-state index in [0.29, 0.717) is 18.3 Å². The highest BCUT2D eigenvalue weighted by Gasteiger charge is 2.24. The number of nitrogens with one attached hydrogen (secondary N) is 1. The van der Waals surface area contributed by atoms with Crippen LogP contribution in [0.2, 0.25) is 0 Å². The van der Waals surface area contributed by atoms with Crippen molar-refractivity contribution in [2.24, 2.45) is 0 Å². The van der Waals surface area contributed by atoms with E-state index in [-0.39, 0.29) is 17.7 Å². The van der Waals surface area contributed by atoms with Crippen LogP contribution >= 0.6 is 0 Å². The van der Waals surface area contributed by atoms with Crippen LogP contribution in [-0.2, 0) is 0 Å². The molecule has 7 heteroatoms. The van der Waals surface area contributed by atoms with Gasteiger partial charge >= 0.3 is 0 Å². The van der Waals surface area contributed by atoms with Gasteiger partial charge in [-0.3, -0.25) is 4.79 Å². The lowest BCUT2D eigenvalue weighted by molar-refractivity contribution is 0.0904. The van der Waals surface area contributed by atoms with E-state index in [9.17, 15) is 9.90 Å². The molecule has 7 nitrogen and oxygen atoms in total. The van der Waals surface area contributed by atoms with Gasteiger partial charge in [0.2, 0.25) is 5.95 Å². The first-order chi connectivity index (χ1) is 12.4. The van der Waals surface area contributed by atoms with Gasteiger partial charge < -0.3 is 19.7 Å². The lowest BCUT2D eigenvalue weighted by Gasteiger charge is -2.32. The highest BCUT2D eigenvalue weighted by atomic mass is 16.3. The van der Waals surface area contributed by atoms with E-state index in [1.807, 2.05) is 0 Å². The van der Waals surface area contributed by atoms with Crippen LogP contribution in [-0.4, -0.2) is 45.7 Å². The van der Waals surface area contributed by atoms with Crippen LogP contribution in [0.4, 0.5) is 5.95 Å². The third kappa shape index (κ3) is 4.83. The minimum atomic E-state index is -1.11. The molecule has 1 amide bonds. The van der Waals surface area contributed by atoms with Crippen LogP contribution in [0.15, 0.2) is 35.0 Å². The molecule has 2 N–H and O–H groups in total. The summed E-state index contributed by atoms with van der Waals surface area (Å²) in [7, 11) is 0. The number of carbonyl (C=O) groups is 1. The molecule has 26 heavy (non-hydrogen) atoms. The first-order valence-corrected chi connectivity index (χ1v) is 8.59. The average Bonchev–Trinajstić information content (AvgIpc) is 3.10. The van der Waals surface area contributed by atoms with E-state index in [1.54, 1.807) is 44.4 Å². The molecule has 0 spiro atoms. The van der Waals surface area contributed by atoms with E-state index >= 15 is 0 Å². The Balaban J connectivity index is 1.61. The number of amides is 1. The molecule has 1 saturated heterocycles. The summed E-state index contributed by atoms with van der Waals surface area (Å²) in [5.41, 5.74) is -1.11. The number of piperidine rings is 1. The Morgan fingerprint density at radius 2 is 2.15 bits per heavy atom. The Labute approximate surface area is 152 Å². The molecule has 2 aromatic heterocycles. The fourth-order valence-electron chi connectivity index (χ4n) is 2.73. The second-order valence-corrected chi connectivity index (χ2v) is 6.78. The highest BCUT2D eigenvalue weighted by Crippen LogP contribution is 2.16. The third-order valence-electron chi connectivity index (χ3n) is 3.91. The zero-order chi connectivity index (χ0) is 18.6. The van der Waals surface area contributed by atoms with Gasteiger partial charge in [0, 0.05) is 31.5 Å². The minimum absolute atomic E-state index is 0.00364. The van der Waals surface area contributed by atoms with Crippen LogP contribution in [0.3, 0.4) is 0 Å². The summed E-state index contributed by atoms with van der Waals surface area (Å²) in [6.45, 7) is 4.69. The largest absolute Gasteiger partial charge is 0.443 e. The van der Waals surface area contributed by atoms with Gasteiger partial charge in [-0.1, -0.05) is 5.92 Å². The number of hydrogen-bond donors (Lipinski definition) is 2. The quantitative estimate of drug-likeness (QED) is 0.814. The van der Waals surface area contributed by atoms with E-state index in [2.05, 4.69) is 32.0 Å². The van der Waals surface area contributed by atoms with Gasteiger partial charge in [-0.25, -0.2) is 9.97 Å². The molecule has 1 aliphatic heterocycles. The van der Waals surface area contributed by atoms with Crippen molar-refractivity contribution in [3.05, 3.63) is 42.1 Å². The Morgan fingerprint density at radius 1 is 1.38 bits per heavy atom. The summed E-state index contributed by atoms with van der Waals surface area (Å²) in [4.78, 5) is 23.0. The molecule has 0 bridgehead atoms. The maximum Gasteiger partial charge on any atom is 0.287 e. The van der Waals surface area contributed by atoms with Gasteiger partial charge in [0.1, 0.15) is 5.60 Å². The molecule has 0 aromatic carbocycles. The summed E-state index contributed by atoms with van der Waals surface area (Å²) in [5.74, 6) is 6.33. The van der Waals surface area contributed by atoms with Crippen LogP contribution in [0.5, 0.6) is 0 Å². The average molecular weight is 354 g/mol. The number of hydrogen-bond acceptors (Lipinski definition) is 6. The van der Waals surface area contributed by atoms with Crippen molar-refractivity contribution >= 4 is 11.9 Å². The lowest BCUT2D eigenvalue weighted by Crippen LogP contribution is -2.48. The van der Waals surface area contributed by atoms with E-state index < -0.39 is 5.60 Å². The van der Waals surface area contributed by atoms with Crippen LogP contribution in [0, 0.1) is 11.8 Å². The topological polar surface area (TPSA) is 91.5 Å². The molecule has 3 rings (SSSR count). The lowest BCUT2D eigenvalue weighted by atomic mass is 10.1. The molecular weight excluding hydrogens is 332 g/mol. The zero-order valence-corrected chi connectivity index (χ0v) is 14.9. The van der Waals surface area contributed by atoms with Gasteiger partial charge in [0.05, 0.1) is 0 Å². The monoisotopic (exact) mass is 354 g/mol. The molecule has 0 aliphatic carbocycles. The molecule has 1 atom stereocenters. The van der Waals surface area contributed by atoms with Crippen molar-refractivity contribution in [2.75, 3.05) is 18.0 Å². The summed E-state index contributed by atoms with van der Waals surface area (Å²) in [6.07, 6.45) is 5.26. The van der Waals surface area contributed by atoms with Crippen molar-refractivity contribution in [1.82, 2.24) is 15.3 Å². The van der Waals surface area contributed by atoms with Crippen LogP contribution in [0.1, 0.15) is 43.0 Å². The van der Waals surface area contributed by atoms with Gasteiger partial charge in [-0.2, -0.15) is 0 Å². The van der Waals surface area contributed by atoms with Gasteiger partial charge in [0.25, 0.3) is 5.91 Å². The third-order valence-corrected chi connectivity index (χ3v) is 3.91. The molecule has 1 fully saturated rings. The van der Waals surface area contributed by atoms with Gasteiger partial charge in [0.15, 0.2) is 11.5 Å². The number of anilines is 1. The first kappa shape index (κ1) is 18.0. The summed E-state index contributed by atoms with van der Waals surface area (Å²) in [5, 5.41) is 12.6. The van der Waals surface area contributed by atoms with Crippen molar-refractivity contribution in [3.8, 4) is 11.8 Å². The molecule has 3 heterocycles. The molecule has 0 radical (unpaired) electrons. The second kappa shape index (κ2) is 7.58. The maximum absolute atomic E-state index is 12.4. The molecule has 0 saturated carbocycles. The summed E-state index contributed by atoms with van der Waals surface area (Å²) < 4.78 is 5.46. The molecular formula is C19H22N4O3. The number of carbonyl (C=O) groups excluding carboxylic acids is 1. The number of furan rings is 1. The normalized spacial score (nSPS) is 17.3. The highest BCUT2D eigenvalue weighted by molar-refractivity contribution is 5.91. The molecule has 1 unspecified atom stereocenters. The van der Waals surface area contributed by atoms with Crippen molar-refractivity contribution < 1.29 is 14.3 Å². The van der Waals surface area contributed by atoms with E-state index in [4.69, 9.17) is 4.42 Å². The fraction of sp³-hybridized carbons (Fsp3) is 0.421. The molecule has 1 aliphatic rings. The molecule has 136 valence electrons. The zero-order valence-electron chi connectivity index (χ0n) is 14.9. The second-order valence-electron chi connectivity index (χ2n) is 6.78. The van der Waals surface area contributed by atoms with Crippen molar-refractivity contribution in [2.45, 2.75) is 38.3 Å². The number of nitrogens with zero attached hydrogens (tertiary/aromatic N) is 3. The van der Waals surface area contributed by atoms with Gasteiger partial charge in [-0.05, 0) is 50.8 Å². The summed E-state index contributed by atoms with van der Waals surface area (Å²) >= 11 is 0. The SMILES string of the molecule is CC(C)(O)C#Cc1ccc(C(=O)NC2CCCN(c3ncccn3)C2)o1. The predicted octanol–water partition coefficient (Wildman–Crippen LogP) is 1.59. The summed E-state index contributed by atoms with van der Waals surface area (Å²) in [6, 6.07) is 4.99. The Morgan fingerprint density at radius 3 is 2.88 bits per heavy atom. The van der Waals surface area contributed by atoms with Crippen LogP contribution in [0.25, 0.3) is 0 Å². The van der Waals surface area contributed by atoms with E-state index in [0.717, 1.165) is 19.4 Å². The van der Waals surface area contributed by atoms with E-state index in [1.165, 1.54) is 0 Å². The Hall–Kier alpha value is -2.85. The first-order valence-electron chi connectivity index (χ1n) is 8.59. The number of aliphatic hydroxyl groups is 1. The number of aromatic nitrogens is 2. The Kier molecular flexibility index (Phi) is 5.24. The predicted molar refractivity (Wildman–Crippen MR) is 96.6 cm³/mol. The van der Waals surface area contributed by atoms with Crippen molar-refractivity contribution in [1.29, 1.82) is 0 Å². The maximum atomic E-state index is 12.4. The fourth-order valence-corrected chi connectivity index (χ4v) is 2.73. The standard InChI is InChI=1S/C19H22N4O3/c1-19(2,25)9-8-15-6-7-16(26-15)17(24)22-14-5-3-12-23(13-14)18-20-10-4-11-21-18/h4,6-7,10-11,14,25H,3,5,12-13H2,1-2H3,(H,22,24). The van der Waals surface area contributed by atoms with Crippen LogP contribution < -0.4 is 10.2 Å². The minimum Gasteiger partial charge on any atom is -0.443 e.